The number of benzene rings is 1. The van der Waals surface area contributed by atoms with Crippen molar-refractivity contribution >= 4 is 24.0 Å². The average Bonchev–Trinajstić information content (AvgIpc) is 2.84. The molecule has 0 aliphatic carbocycles. The van der Waals surface area contributed by atoms with Crippen LogP contribution < -0.4 is 15.8 Å². The van der Waals surface area contributed by atoms with Gasteiger partial charge in [0.25, 0.3) is 0 Å². The molecule has 0 fully saturated rings. The lowest BCUT2D eigenvalue weighted by molar-refractivity contribution is -0.114. The monoisotopic (exact) mass is 298 g/mol. The van der Waals surface area contributed by atoms with E-state index in [1.54, 1.807) is 32.2 Å². The van der Waals surface area contributed by atoms with Crippen LogP contribution in [0.4, 0.5) is 5.69 Å². The van der Waals surface area contributed by atoms with Crippen molar-refractivity contribution < 1.29 is 9.53 Å². The molecular formula is C11H15ClN6O2. The zero-order valence-electron chi connectivity index (χ0n) is 11.0. The predicted octanol–water partition coefficient (Wildman–Crippen LogP) is 0.298. The second-order valence-corrected chi connectivity index (χ2v) is 3.78. The van der Waals surface area contributed by atoms with Crippen LogP contribution in [0.25, 0.3) is 5.69 Å². The molecule has 0 radical (unpaired) electrons. The maximum absolute atomic E-state index is 11.3. The van der Waals surface area contributed by atoms with Gasteiger partial charge in [-0.2, -0.15) is 4.68 Å². The molecule has 0 bridgehead atoms. The summed E-state index contributed by atoms with van der Waals surface area (Å²) in [6, 6.07) is 5.16. The van der Waals surface area contributed by atoms with E-state index < -0.39 is 0 Å². The maximum Gasteiger partial charge on any atom is 0.238 e. The van der Waals surface area contributed by atoms with E-state index in [9.17, 15) is 4.79 Å². The molecule has 0 aliphatic rings. The fourth-order valence-corrected chi connectivity index (χ4v) is 1.60. The number of tetrazole rings is 1. The highest BCUT2D eigenvalue weighted by atomic mass is 35.5. The molecule has 1 aromatic carbocycles. The van der Waals surface area contributed by atoms with Crippen molar-refractivity contribution in [1.82, 2.24) is 20.2 Å². The fraction of sp³-hybridized carbons (Fsp3) is 0.273. The number of anilines is 1. The van der Waals surface area contributed by atoms with E-state index in [0.717, 1.165) is 0 Å². The minimum absolute atomic E-state index is 0. The van der Waals surface area contributed by atoms with Gasteiger partial charge in [0.1, 0.15) is 11.4 Å². The number of halogens is 1. The van der Waals surface area contributed by atoms with Crippen LogP contribution in [0.3, 0.4) is 0 Å². The molecule has 0 spiro atoms. The van der Waals surface area contributed by atoms with E-state index in [-0.39, 0.29) is 24.9 Å². The lowest BCUT2D eigenvalue weighted by atomic mass is 10.2. The van der Waals surface area contributed by atoms with Gasteiger partial charge < -0.3 is 15.8 Å². The van der Waals surface area contributed by atoms with Gasteiger partial charge >= 0.3 is 0 Å². The van der Waals surface area contributed by atoms with Crippen molar-refractivity contribution in [2.75, 3.05) is 19.0 Å². The average molecular weight is 299 g/mol. The second-order valence-electron chi connectivity index (χ2n) is 3.78. The molecule has 0 unspecified atom stereocenters. The zero-order valence-corrected chi connectivity index (χ0v) is 11.8. The van der Waals surface area contributed by atoms with Crippen molar-refractivity contribution in [2.45, 2.75) is 6.92 Å². The molecule has 0 atom stereocenters. The number of amides is 1. The van der Waals surface area contributed by atoms with Gasteiger partial charge in [-0.05, 0) is 35.5 Å². The predicted molar refractivity (Wildman–Crippen MR) is 75.4 cm³/mol. The van der Waals surface area contributed by atoms with Crippen LogP contribution in [-0.2, 0) is 4.79 Å². The number of methoxy groups -OCH3 is 1. The number of aromatic nitrogens is 4. The lowest BCUT2D eigenvalue weighted by Gasteiger charge is -2.11. The van der Waals surface area contributed by atoms with Crippen molar-refractivity contribution in [3.05, 3.63) is 24.0 Å². The first-order chi connectivity index (χ1) is 9.15. The number of nitrogens with one attached hydrogen (secondary N) is 1. The van der Waals surface area contributed by atoms with Gasteiger partial charge in [0, 0.05) is 5.69 Å². The van der Waals surface area contributed by atoms with E-state index in [4.69, 9.17) is 10.5 Å². The third-order valence-corrected chi connectivity index (χ3v) is 2.50. The van der Waals surface area contributed by atoms with Gasteiger partial charge in [0.15, 0.2) is 5.82 Å². The molecule has 8 nitrogen and oxygen atoms in total. The van der Waals surface area contributed by atoms with Crippen LogP contribution in [0.15, 0.2) is 18.2 Å². The molecule has 0 saturated carbocycles. The highest BCUT2D eigenvalue weighted by Crippen LogP contribution is 2.26. The van der Waals surface area contributed by atoms with Crippen molar-refractivity contribution in [3.63, 3.8) is 0 Å². The van der Waals surface area contributed by atoms with Crippen LogP contribution >= 0.6 is 12.4 Å². The van der Waals surface area contributed by atoms with E-state index in [2.05, 4.69) is 20.8 Å². The number of carbonyl (C=O) groups is 1. The molecule has 108 valence electrons. The molecule has 2 rings (SSSR count). The van der Waals surface area contributed by atoms with Crippen LogP contribution in [-0.4, -0.2) is 39.8 Å². The smallest absolute Gasteiger partial charge is 0.238 e. The molecule has 0 saturated heterocycles. The first-order valence-electron chi connectivity index (χ1n) is 5.59. The number of rotatable bonds is 4. The van der Waals surface area contributed by atoms with Gasteiger partial charge in [-0.15, -0.1) is 17.5 Å². The minimum atomic E-state index is -0.274. The fourth-order valence-electron chi connectivity index (χ4n) is 1.60. The minimum Gasteiger partial charge on any atom is -0.494 e. The number of carbonyl (C=O) groups excluding carboxylic acids is 1. The number of hydrogen-bond donors (Lipinski definition) is 2. The molecule has 1 heterocycles. The lowest BCUT2D eigenvalue weighted by Crippen LogP contribution is -2.21. The van der Waals surface area contributed by atoms with Gasteiger partial charge in [-0.25, -0.2) is 0 Å². The highest BCUT2D eigenvalue weighted by Gasteiger charge is 2.11. The van der Waals surface area contributed by atoms with Gasteiger partial charge in [0.05, 0.1) is 13.7 Å². The third kappa shape index (κ3) is 3.22. The van der Waals surface area contributed by atoms with Gasteiger partial charge in [-0.1, -0.05) is 0 Å². The van der Waals surface area contributed by atoms with E-state index >= 15 is 0 Å². The molecule has 3 N–H and O–H groups in total. The Hall–Kier alpha value is -2.19. The molecule has 2 aromatic rings. The Morgan fingerprint density at radius 3 is 2.80 bits per heavy atom. The number of ether oxygens (including phenoxy) is 1. The van der Waals surface area contributed by atoms with Crippen molar-refractivity contribution in [1.29, 1.82) is 0 Å². The summed E-state index contributed by atoms with van der Waals surface area (Å²) < 4.78 is 6.78. The van der Waals surface area contributed by atoms with Gasteiger partial charge in [-0.3, -0.25) is 4.79 Å². The maximum atomic E-state index is 11.3. The number of hydrogen-bond acceptors (Lipinski definition) is 6. The summed E-state index contributed by atoms with van der Waals surface area (Å²) in [5, 5.41) is 13.9. The molecule has 20 heavy (non-hydrogen) atoms. The Morgan fingerprint density at radius 1 is 1.50 bits per heavy atom. The number of nitrogens with zero attached hydrogens (tertiary/aromatic N) is 4. The summed E-state index contributed by atoms with van der Waals surface area (Å²) in [4.78, 5) is 11.3. The summed E-state index contributed by atoms with van der Waals surface area (Å²) in [5.41, 5.74) is 6.50. The third-order valence-electron chi connectivity index (χ3n) is 2.50. The summed E-state index contributed by atoms with van der Waals surface area (Å²) in [7, 11) is 1.55. The topological polar surface area (TPSA) is 108 Å². The first kappa shape index (κ1) is 15.9. The summed E-state index contributed by atoms with van der Waals surface area (Å²) in [5.74, 6) is 0.936. The Morgan fingerprint density at radius 2 is 2.25 bits per heavy atom. The van der Waals surface area contributed by atoms with E-state index in [0.29, 0.717) is 22.9 Å². The highest BCUT2D eigenvalue weighted by molar-refractivity contribution is 5.92. The van der Waals surface area contributed by atoms with Crippen molar-refractivity contribution in [3.8, 4) is 11.4 Å². The van der Waals surface area contributed by atoms with Crippen molar-refractivity contribution in [2.24, 2.45) is 5.73 Å². The van der Waals surface area contributed by atoms with Crippen LogP contribution in [0, 0.1) is 6.92 Å². The van der Waals surface area contributed by atoms with Crippen LogP contribution in [0.1, 0.15) is 5.82 Å². The van der Waals surface area contributed by atoms with E-state index in [1.165, 1.54) is 4.68 Å². The molecular weight excluding hydrogens is 284 g/mol. The molecule has 1 aromatic heterocycles. The Bertz CT molecular complexity index is 600. The second kappa shape index (κ2) is 6.83. The van der Waals surface area contributed by atoms with Crippen LogP contribution in [0.5, 0.6) is 5.75 Å². The summed E-state index contributed by atoms with van der Waals surface area (Å²) in [6.07, 6.45) is 0. The van der Waals surface area contributed by atoms with Crippen LogP contribution in [0.2, 0.25) is 0 Å². The van der Waals surface area contributed by atoms with Gasteiger partial charge in [0.2, 0.25) is 5.91 Å². The Kier molecular flexibility index (Phi) is 5.42. The Balaban J connectivity index is 0.00000200. The largest absolute Gasteiger partial charge is 0.494 e. The summed E-state index contributed by atoms with van der Waals surface area (Å²) in [6.45, 7) is 1.69. The SMILES string of the molecule is COc1ccc(NC(=O)CN)cc1-n1nnnc1C.Cl. The number of nitrogens with two attached hydrogens (primary N) is 1. The quantitative estimate of drug-likeness (QED) is 0.840. The normalized spacial score (nSPS) is 9.75. The van der Waals surface area contributed by atoms with E-state index in [1.807, 2.05) is 0 Å². The first-order valence-corrected chi connectivity index (χ1v) is 5.59. The molecule has 1 amide bonds. The molecule has 0 aliphatic heterocycles. The number of aryl methyl sites for hydroxylation is 1. The zero-order chi connectivity index (χ0) is 13.8. The molecule has 9 heteroatoms. The Labute approximate surface area is 121 Å². The standard InChI is InChI=1S/C11H14N6O2.ClH/c1-7-14-15-16-17(7)9-5-8(13-11(18)6-12)3-4-10(9)19-2;/h3-5H,6,12H2,1-2H3,(H,13,18);1H. The summed E-state index contributed by atoms with van der Waals surface area (Å²) >= 11 is 0.